The van der Waals surface area contributed by atoms with Gasteiger partial charge in [0.25, 0.3) is 0 Å². The highest BCUT2D eigenvalue weighted by Gasteiger charge is 2.42. The number of hydrogen-bond acceptors (Lipinski definition) is 10. The van der Waals surface area contributed by atoms with E-state index in [1.165, 1.54) is 7.11 Å². The van der Waals surface area contributed by atoms with Gasteiger partial charge >= 0.3 is 5.97 Å². The number of amides is 1. The maximum atomic E-state index is 13.2. The van der Waals surface area contributed by atoms with Gasteiger partial charge < -0.3 is 28.6 Å². The van der Waals surface area contributed by atoms with Gasteiger partial charge in [0.2, 0.25) is 18.7 Å². The van der Waals surface area contributed by atoms with Gasteiger partial charge in [0.15, 0.2) is 28.9 Å². The van der Waals surface area contributed by atoms with Crippen molar-refractivity contribution in [1.29, 1.82) is 0 Å². The summed E-state index contributed by atoms with van der Waals surface area (Å²) in [6.45, 7) is 5.83. The molecule has 2 aromatic carbocycles. The highest BCUT2D eigenvalue weighted by atomic mass is 16.7. The van der Waals surface area contributed by atoms with Crippen LogP contribution in [0.1, 0.15) is 24.1 Å². The predicted octanol–water partition coefficient (Wildman–Crippen LogP) is 1.96. The minimum Gasteiger partial charge on any atom is -0.493 e. The second kappa shape index (κ2) is 11.2. The molecule has 0 unspecified atom stereocenters. The van der Waals surface area contributed by atoms with Crippen molar-refractivity contribution >= 4 is 17.8 Å². The number of guanidine groups is 1. The first-order chi connectivity index (χ1) is 18.5. The van der Waals surface area contributed by atoms with Crippen LogP contribution in [0, 0.1) is 5.92 Å². The van der Waals surface area contributed by atoms with Crippen LogP contribution in [0.5, 0.6) is 23.0 Å². The Morgan fingerprint density at radius 3 is 2.53 bits per heavy atom. The Morgan fingerprint density at radius 1 is 1.03 bits per heavy atom. The average molecular weight is 525 g/mol. The minimum absolute atomic E-state index is 0.170. The average Bonchev–Trinajstić information content (AvgIpc) is 3.40. The maximum absolute atomic E-state index is 13.2. The molecule has 0 bridgehead atoms. The number of esters is 1. The second-order valence-electron chi connectivity index (χ2n) is 9.18. The molecule has 11 nitrogen and oxygen atoms in total. The molecule has 0 aromatic heterocycles. The summed E-state index contributed by atoms with van der Waals surface area (Å²) in [6, 6.07) is 10.5. The number of nitrogens with one attached hydrogen (secondary N) is 1. The molecular weight excluding hydrogens is 492 g/mol. The molecule has 1 saturated heterocycles. The zero-order chi connectivity index (χ0) is 26.6. The number of benzene rings is 2. The van der Waals surface area contributed by atoms with E-state index in [0.717, 1.165) is 36.7 Å². The molecular formula is C27H32N4O7. The number of fused-ring (bicyclic) bond motifs is 1. The molecule has 2 atom stereocenters. The summed E-state index contributed by atoms with van der Waals surface area (Å²) in [6.07, 6.45) is 0. The first-order valence-electron chi connectivity index (χ1n) is 12.6. The number of nitrogens with zero attached hydrogens (tertiary/aromatic N) is 3. The van der Waals surface area contributed by atoms with Crippen molar-refractivity contribution in [3.63, 3.8) is 0 Å². The molecule has 3 heterocycles. The number of methoxy groups -OCH3 is 2. The molecule has 5 rings (SSSR count). The Hall–Kier alpha value is -3.99. The number of carbonyl (C=O) groups is 2. The van der Waals surface area contributed by atoms with Gasteiger partial charge in [-0.1, -0.05) is 12.1 Å². The zero-order valence-corrected chi connectivity index (χ0v) is 21.8. The van der Waals surface area contributed by atoms with Crippen molar-refractivity contribution in [1.82, 2.24) is 15.1 Å². The van der Waals surface area contributed by atoms with Crippen LogP contribution in [-0.4, -0.2) is 81.4 Å². The minimum atomic E-state index is -1.11. The Bertz CT molecular complexity index is 1230. The van der Waals surface area contributed by atoms with E-state index >= 15 is 0 Å². The fourth-order valence-electron chi connectivity index (χ4n) is 4.92. The Kier molecular flexibility index (Phi) is 7.54. The summed E-state index contributed by atoms with van der Waals surface area (Å²) < 4.78 is 26.9. The largest absolute Gasteiger partial charge is 0.493 e. The van der Waals surface area contributed by atoms with Gasteiger partial charge in [-0.25, -0.2) is 4.99 Å². The van der Waals surface area contributed by atoms with Crippen LogP contribution < -0.4 is 24.3 Å². The van der Waals surface area contributed by atoms with E-state index in [4.69, 9.17) is 28.7 Å². The van der Waals surface area contributed by atoms with Crippen LogP contribution >= 0.6 is 0 Å². The molecule has 0 radical (unpaired) electrons. The summed E-state index contributed by atoms with van der Waals surface area (Å²) in [5, 5.41) is 2.85. The van der Waals surface area contributed by atoms with E-state index in [-0.39, 0.29) is 13.4 Å². The highest BCUT2D eigenvalue weighted by molar-refractivity contribution is 6.08. The molecule has 0 spiro atoms. The third-order valence-electron chi connectivity index (χ3n) is 6.90. The number of rotatable bonds is 7. The number of aliphatic imine (C=N–C) groups is 1. The van der Waals surface area contributed by atoms with Crippen LogP contribution in [-0.2, 0) is 20.9 Å². The van der Waals surface area contributed by atoms with E-state index in [2.05, 4.69) is 16.3 Å². The van der Waals surface area contributed by atoms with Gasteiger partial charge in [-0.15, -0.1) is 0 Å². The van der Waals surface area contributed by atoms with Gasteiger partial charge in [0.05, 0.1) is 20.8 Å². The Labute approximate surface area is 221 Å². The van der Waals surface area contributed by atoms with Crippen LogP contribution in [0.3, 0.4) is 0 Å². The van der Waals surface area contributed by atoms with Crippen molar-refractivity contribution in [3.8, 4) is 23.0 Å². The van der Waals surface area contributed by atoms with Gasteiger partial charge in [0, 0.05) is 32.7 Å². The first kappa shape index (κ1) is 25.7. The van der Waals surface area contributed by atoms with Gasteiger partial charge in [-0.05, 0) is 42.3 Å². The van der Waals surface area contributed by atoms with Crippen LogP contribution in [0.4, 0.5) is 0 Å². The smallest absolute Gasteiger partial charge is 0.321 e. The molecule has 2 aromatic rings. The van der Waals surface area contributed by atoms with Gasteiger partial charge in [0.1, 0.15) is 6.04 Å². The van der Waals surface area contributed by atoms with Crippen LogP contribution in [0.15, 0.2) is 41.4 Å². The zero-order valence-electron chi connectivity index (χ0n) is 21.8. The van der Waals surface area contributed by atoms with E-state index in [1.807, 2.05) is 17.0 Å². The lowest BCUT2D eigenvalue weighted by Gasteiger charge is -2.39. The summed E-state index contributed by atoms with van der Waals surface area (Å²) in [7, 11) is 3.09. The second-order valence-corrected chi connectivity index (χ2v) is 9.18. The predicted molar refractivity (Wildman–Crippen MR) is 137 cm³/mol. The molecule has 38 heavy (non-hydrogen) atoms. The maximum Gasteiger partial charge on any atom is 0.321 e. The first-order valence-corrected chi connectivity index (χ1v) is 12.6. The number of ether oxygens (including phenoxy) is 5. The molecule has 3 aliphatic heterocycles. The Balaban J connectivity index is 1.33. The lowest BCUT2D eigenvalue weighted by atomic mass is 9.91. The standard InChI is InChI=1S/C27H32N4O7/c1-4-36-26(33)23-24(18-6-8-19(34-2)21(14-18)35-3)28-27(29-25(23)32)31-11-9-30(10-12-31)15-17-5-7-20-22(13-17)38-16-37-20/h5-8,13-14,23-24H,4,9-12,15-16H2,1-3H3,(H,28,29,32)/t23-,24+/m0/s1. The SMILES string of the molecule is CCOC(=O)[C@@H]1C(=O)NC(N2CCN(Cc3ccc4c(c3)OCO4)CC2)=N[C@@H]1c1ccc(OC)c(OC)c1. The molecule has 11 heteroatoms. The van der Waals surface area contributed by atoms with Gasteiger partial charge in [-0.3, -0.25) is 19.8 Å². The quantitative estimate of drug-likeness (QED) is 0.429. The molecule has 0 saturated carbocycles. The van der Waals surface area contributed by atoms with Crippen molar-refractivity contribution in [2.45, 2.75) is 19.5 Å². The molecule has 202 valence electrons. The van der Waals surface area contributed by atoms with Crippen LogP contribution in [0.2, 0.25) is 0 Å². The molecule has 3 aliphatic rings. The third-order valence-corrected chi connectivity index (χ3v) is 6.90. The lowest BCUT2D eigenvalue weighted by molar-refractivity contribution is -0.153. The van der Waals surface area contributed by atoms with Crippen molar-refractivity contribution < 1.29 is 33.3 Å². The molecule has 1 N–H and O–H groups in total. The van der Waals surface area contributed by atoms with Crippen molar-refractivity contribution in [2.24, 2.45) is 10.9 Å². The van der Waals surface area contributed by atoms with Crippen molar-refractivity contribution in [3.05, 3.63) is 47.5 Å². The number of piperazine rings is 1. The fraction of sp³-hybridized carbons (Fsp3) is 0.444. The van der Waals surface area contributed by atoms with Gasteiger partial charge in [-0.2, -0.15) is 0 Å². The summed E-state index contributed by atoms with van der Waals surface area (Å²) in [4.78, 5) is 35.2. The van der Waals surface area contributed by atoms with E-state index in [9.17, 15) is 9.59 Å². The summed E-state index contributed by atoms with van der Waals surface area (Å²) in [5.41, 5.74) is 1.81. The van der Waals surface area contributed by atoms with E-state index in [0.29, 0.717) is 36.1 Å². The molecule has 0 aliphatic carbocycles. The van der Waals surface area contributed by atoms with E-state index in [1.54, 1.807) is 32.2 Å². The normalized spacial score (nSPS) is 21.0. The summed E-state index contributed by atoms with van der Waals surface area (Å²) in [5.74, 6) is 0.895. The number of hydrogen-bond donors (Lipinski definition) is 1. The fourth-order valence-corrected chi connectivity index (χ4v) is 4.92. The monoisotopic (exact) mass is 524 g/mol. The highest BCUT2D eigenvalue weighted by Crippen LogP contribution is 2.37. The topological polar surface area (TPSA) is 111 Å². The molecule has 1 amide bonds. The third kappa shape index (κ3) is 5.19. The van der Waals surface area contributed by atoms with Crippen LogP contribution in [0.25, 0.3) is 0 Å². The Morgan fingerprint density at radius 2 is 1.79 bits per heavy atom. The lowest BCUT2D eigenvalue weighted by Crippen LogP contribution is -2.57. The molecule has 1 fully saturated rings. The van der Waals surface area contributed by atoms with E-state index < -0.39 is 23.8 Å². The number of carbonyl (C=O) groups excluding carboxylic acids is 2. The van der Waals surface area contributed by atoms with Crippen molar-refractivity contribution in [2.75, 3.05) is 53.8 Å². The summed E-state index contributed by atoms with van der Waals surface area (Å²) >= 11 is 0.